The van der Waals surface area contributed by atoms with Gasteiger partial charge in [0.05, 0.1) is 12.7 Å². The monoisotopic (exact) mass is 341 g/mol. The molecule has 1 heterocycles. The number of benzene rings is 2. The molecule has 0 bridgehead atoms. The second-order valence-electron chi connectivity index (χ2n) is 5.60. The molecule has 3 rings (SSSR count). The Bertz CT molecular complexity index is 770. The standard InChI is InChI=1S/C19H19NO5/c1-23-19(22)14-4-6-15(7-5-14)20-18(21)9-3-13-2-8-16-17(12-13)25-11-10-24-16/h2,4-8,12H,3,9-11H2,1H3,(H,20,21). The van der Waals surface area contributed by atoms with Gasteiger partial charge in [0.25, 0.3) is 0 Å². The van der Waals surface area contributed by atoms with Crippen LogP contribution in [0, 0.1) is 0 Å². The number of nitrogens with one attached hydrogen (secondary N) is 1. The normalized spacial score (nSPS) is 12.4. The van der Waals surface area contributed by atoms with E-state index in [1.54, 1.807) is 24.3 Å². The van der Waals surface area contributed by atoms with Crippen LogP contribution in [-0.2, 0) is 16.0 Å². The van der Waals surface area contributed by atoms with Gasteiger partial charge in [-0.05, 0) is 48.4 Å². The van der Waals surface area contributed by atoms with E-state index in [1.165, 1.54) is 7.11 Å². The zero-order valence-corrected chi connectivity index (χ0v) is 13.9. The quantitative estimate of drug-likeness (QED) is 0.847. The molecule has 0 radical (unpaired) electrons. The van der Waals surface area contributed by atoms with Crippen LogP contribution in [0.2, 0.25) is 0 Å². The van der Waals surface area contributed by atoms with Crippen LogP contribution in [0.4, 0.5) is 5.69 Å². The summed E-state index contributed by atoms with van der Waals surface area (Å²) in [7, 11) is 1.33. The molecule has 0 atom stereocenters. The first-order valence-electron chi connectivity index (χ1n) is 8.02. The van der Waals surface area contributed by atoms with Crippen molar-refractivity contribution in [1.82, 2.24) is 0 Å². The summed E-state index contributed by atoms with van der Waals surface area (Å²) in [4.78, 5) is 23.5. The molecule has 1 aliphatic rings. The van der Waals surface area contributed by atoms with Crippen molar-refractivity contribution >= 4 is 17.6 Å². The fourth-order valence-corrected chi connectivity index (χ4v) is 2.53. The average molecular weight is 341 g/mol. The number of hydrogen-bond acceptors (Lipinski definition) is 5. The van der Waals surface area contributed by atoms with Crippen molar-refractivity contribution in [3.63, 3.8) is 0 Å². The minimum atomic E-state index is -0.406. The molecule has 0 unspecified atom stereocenters. The number of fused-ring (bicyclic) bond motifs is 1. The average Bonchev–Trinajstić information content (AvgIpc) is 2.66. The Balaban J connectivity index is 1.53. The number of ether oxygens (including phenoxy) is 3. The van der Waals surface area contributed by atoms with Crippen molar-refractivity contribution in [2.45, 2.75) is 12.8 Å². The van der Waals surface area contributed by atoms with Crippen LogP contribution in [0.5, 0.6) is 11.5 Å². The maximum atomic E-state index is 12.1. The molecule has 1 N–H and O–H groups in total. The summed E-state index contributed by atoms with van der Waals surface area (Å²) in [6, 6.07) is 12.3. The van der Waals surface area contributed by atoms with Gasteiger partial charge in [-0.25, -0.2) is 4.79 Å². The number of anilines is 1. The van der Waals surface area contributed by atoms with Gasteiger partial charge in [0.2, 0.25) is 5.91 Å². The zero-order chi connectivity index (χ0) is 17.6. The smallest absolute Gasteiger partial charge is 0.337 e. The number of methoxy groups -OCH3 is 1. The van der Waals surface area contributed by atoms with Crippen molar-refractivity contribution in [2.24, 2.45) is 0 Å². The highest BCUT2D eigenvalue weighted by molar-refractivity contribution is 5.93. The molecular formula is C19H19NO5. The first kappa shape index (κ1) is 16.8. The summed E-state index contributed by atoms with van der Waals surface area (Å²) >= 11 is 0. The van der Waals surface area contributed by atoms with E-state index in [1.807, 2.05) is 18.2 Å². The molecule has 0 saturated carbocycles. The molecule has 1 amide bonds. The van der Waals surface area contributed by atoms with Gasteiger partial charge in [-0.3, -0.25) is 4.79 Å². The third-order valence-corrected chi connectivity index (χ3v) is 3.84. The molecule has 0 aromatic heterocycles. The number of aryl methyl sites for hydroxylation is 1. The largest absolute Gasteiger partial charge is 0.486 e. The lowest BCUT2D eigenvalue weighted by Gasteiger charge is -2.18. The topological polar surface area (TPSA) is 73.9 Å². The lowest BCUT2D eigenvalue weighted by Crippen LogP contribution is -2.15. The minimum Gasteiger partial charge on any atom is -0.486 e. The number of hydrogen-bond donors (Lipinski definition) is 1. The Morgan fingerprint density at radius 1 is 1.04 bits per heavy atom. The molecule has 2 aromatic rings. The summed E-state index contributed by atoms with van der Waals surface area (Å²) in [6.07, 6.45) is 0.946. The van der Waals surface area contributed by atoms with E-state index >= 15 is 0 Å². The van der Waals surface area contributed by atoms with E-state index in [0.29, 0.717) is 37.3 Å². The van der Waals surface area contributed by atoms with Gasteiger partial charge in [-0.1, -0.05) is 6.07 Å². The van der Waals surface area contributed by atoms with E-state index < -0.39 is 5.97 Å². The number of carbonyl (C=O) groups is 2. The highest BCUT2D eigenvalue weighted by Crippen LogP contribution is 2.31. The van der Waals surface area contributed by atoms with Gasteiger partial charge in [0, 0.05) is 12.1 Å². The van der Waals surface area contributed by atoms with E-state index in [0.717, 1.165) is 17.1 Å². The van der Waals surface area contributed by atoms with Crippen LogP contribution in [0.1, 0.15) is 22.3 Å². The Kier molecular flexibility index (Phi) is 5.18. The van der Waals surface area contributed by atoms with Gasteiger partial charge in [0.15, 0.2) is 11.5 Å². The molecule has 2 aromatic carbocycles. The lowest BCUT2D eigenvalue weighted by molar-refractivity contribution is -0.116. The molecule has 1 aliphatic heterocycles. The van der Waals surface area contributed by atoms with Crippen LogP contribution in [-0.4, -0.2) is 32.2 Å². The van der Waals surface area contributed by atoms with Gasteiger partial charge in [0.1, 0.15) is 13.2 Å². The Morgan fingerprint density at radius 2 is 1.76 bits per heavy atom. The molecule has 130 valence electrons. The third-order valence-electron chi connectivity index (χ3n) is 3.84. The second-order valence-corrected chi connectivity index (χ2v) is 5.60. The fourth-order valence-electron chi connectivity index (χ4n) is 2.53. The molecule has 0 spiro atoms. The molecule has 0 aliphatic carbocycles. The molecular weight excluding hydrogens is 322 g/mol. The van der Waals surface area contributed by atoms with Crippen molar-refractivity contribution in [3.8, 4) is 11.5 Å². The Hall–Kier alpha value is -3.02. The maximum Gasteiger partial charge on any atom is 0.337 e. The molecule has 6 heteroatoms. The second kappa shape index (κ2) is 7.70. The highest BCUT2D eigenvalue weighted by Gasteiger charge is 2.12. The Morgan fingerprint density at radius 3 is 2.48 bits per heavy atom. The Labute approximate surface area is 145 Å². The predicted octanol–water partition coefficient (Wildman–Crippen LogP) is 2.82. The zero-order valence-electron chi connectivity index (χ0n) is 13.9. The van der Waals surface area contributed by atoms with Gasteiger partial charge < -0.3 is 19.5 Å². The molecule has 0 saturated heterocycles. The minimum absolute atomic E-state index is 0.0966. The highest BCUT2D eigenvalue weighted by atomic mass is 16.6. The van der Waals surface area contributed by atoms with Crippen molar-refractivity contribution in [1.29, 1.82) is 0 Å². The predicted molar refractivity (Wildman–Crippen MR) is 92.2 cm³/mol. The van der Waals surface area contributed by atoms with E-state index in [4.69, 9.17) is 9.47 Å². The molecule has 25 heavy (non-hydrogen) atoms. The maximum absolute atomic E-state index is 12.1. The van der Waals surface area contributed by atoms with E-state index in [9.17, 15) is 9.59 Å². The van der Waals surface area contributed by atoms with Gasteiger partial charge >= 0.3 is 5.97 Å². The summed E-state index contributed by atoms with van der Waals surface area (Å²) in [6.45, 7) is 1.10. The van der Waals surface area contributed by atoms with Crippen LogP contribution in [0.25, 0.3) is 0 Å². The molecule has 6 nitrogen and oxygen atoms in total. The first-order valence-corrected chi connectivity index (χ1v) is 8.02. The summed E-state index contributed by atoms with van der Waals surface area (Å²) in [5.41, 5.74) is 2.09. The van der Waals surface area contributed by atoms with Crippen molar-refractivity contribution in [2.75, 3.05) is 25.6 Å². The summed E-state index contributed by atoms with van der Waals surface area (Å²) in [5.74, 6) is 0.963. The number of amides is 1. The number of carbonyl (C=O) groups excluding carboxylic acids is 2. The fraction of sp³-hybridized carbons (Fsp3) is 0.263. The third kappa shape index (κ3) is 4.29. The first-order chi connectivity index (χ1) is 12.2. The number of rotatable bonds is 5. The van der Waals surface area contributed by atoms with E-state index in [-0.39, 0.29) is 5.91 Å². The summed E-state index contributed by atoms with van der Waals surface area (Å²) < 4.78 is 15.7. The lowest BCUT2D eigenvalue weighted by atomic mass is 10.1. The molecule has 0 fully saturated rings. The van der Waals surface area contributed by atoms with Gasteiger partial charge in [-0.2, -0.15) is 0 Å². The van der Waals surface area contributed by atoms with Crippen LogP contribution in [0.15, 0.2) is 42.5 Å². The van der Waals surface area contributed by atoms with Crippen molar-refractivity contribution < 1.29 is 23.8 Å². The number of esters is 1. The van der Waals surface area contributed by atoms with Crippen LogP contribution in [0.3, 0.4) is 0 Å². The van der Waals surface area contributed by atoms with Crippen molar-refractivity contribution in [3.05, 3.63) is 53.6 Å². The van der Waals surface area contributed by atoms with Crippen LogP contribution >= 0.6 is 0 Å². The van der Waals surface area contributed by atoms with E-state index in [2.05, 4.69) is 10.1 Å². The van der Waals surface area contributed by atoms with Gasteiger partial charge in [-0.15, -0.1) is 0 Å². The summed E-state index contributed by atoms with van der Waals surface area (Å²) in [5, 5.41) is 2.81. The SMILES string of the molecule is COC(=O)c1ccc(NC(=O)CCc2ccc3c(c2)OCCO3)cc1. The van der Waals surface area contributed by atoms with Crippen LogP contribution < -0.4 is 14.8 Å².